The fourth-order valence-corrected chi connectivity index (χ4v) is 6.47. The van der Waals surface area contributed by atoms with Gasteiger partial charge in [-0.3, -0.25) is 14.5 Å². The number of amides is 1. The van der Waals surface area contributed by atoms with Gasteiger partial charge in [-0.25, -0.2) is 9.97 Å². The van der Waals surface area contributed by atoms with Crippen molar-refractivity contribution in [2.75, 3.05) is 4.90 Å². The molecule has 34 heavy (non-hydrogen) atoms. The fourth-order valence-electron chi connectivity index (χ4n) is 4.42. The minimum absolute atomic E-state index is 0.0627. The van der Waals surface area contributed by atoms with Gasteiger partial charge in [0.1, 0.15) is 0 Å². The number of benzene rings is 2. The molecule has 1 aliphatic heterocycles. The Labute approximate surface area is 205 Å². The maximum absolute atomic E-state index is 13.7. The maximum Gasteiger partial charge on any atom is 0.296 e. The Morgan fingerprint density at radius 3 is 2.32 bits per heavy atom. The van der Waals surface area contributed by atoms with Gasteiger partial charge in [0.25, 0.3) is 5.91 Å². The highest BCUT2D eigenvalue weighted by Crippen LogP contribution is 2.45. The van der Waals surface area contributed by atoms with Gasteiger partial charge in [0.15, 0.2) is 10.9 Å². The summed E-state index contributed by atoms with van der Waals surface area (Å²) >= 11 is 2.65. The minimum atomic E-state index is -0.788. The third kappa shape index (κ3) is 3.54. The summed E-state index contributed by atoms with van der Waals surface area (Å²) in [5, 5.41) is 12.2. The Morgan fingerprint density at radius 2 is 1.68 bits per heavy atom. The Kier molecular flexibility index (Phi) is 5.37. The molecule has 0 spiro atoms. The van der Waals surface area contributed by atoms with Crippen LogP contribution in [-0.2, 0) is 4.79 Å². The van der Waals surface area contributed by atoms with Crippen molar-refractivity contribution in [1.82, 2.24) is 9.97 Å². The standard InChI is InChI=1S/C26H23N3O3S2/c1-12-6-8-17(9-7-12)21-19(22(30)24-15(4)27-16(5)33-24)23(31)25(32)29(21)26-28-20-14(3)10-13(2)11-18(20)34-26/h6-11,21,31H,1-5H3. The monoisotopic (exact) mass is 489 g/mol. The average molecular weight is 490 g/mol. The molecule has 0 saturated carbocycles. The van der Waals surface area contributed by atoms with Gasteiger partial charge in [-0.05, 0) is 57.4 Å². The normalized spacial score (nSPS) is 16.2. The Bertz CT molecular complexity index is 1510. The topological polar surface area (TPSA) is 83.4 Å². The zero-order valence-electron chi connectivity index (χ0n) is 19.5. The number of Topliss-reactive ketones (excluding diaryl/α,β-unsaturated/α-hetero) is 1. The molecular formula is C26H23N3O3S2. The van der Waals surface area contributed by atoms with Gasteiger partial charge < -0.3 is 5.11 Å². The van der Waals surface area contributed by atoms with Crippen LogP contribution in [0.15, 0.2) is 47.7 Å². The van der Waals surface area contributed by atoms with Crippen LogP contribution in [0.3, 0.4) is 0 Å². The van der Waals surface area contributed by atoms with Gasteiger partial charge >= 0.3 is 0 Å². The van der Waals surface area contributed by atoms with Crippen LogP contribution in [0.5, 0.6) is 0 Å². The van der Waals surface area contributed by atoms with Gasteiger partial charge in [-0.15, -0.1) is 11.3 Å². The largest absolute Gasteiger partial charge is 0.503 e. The van der Waals surface area contributed by atoms with Crippen molar-refractivity contribution in [3.8, 4) is 0 Å². The van der Waals surface area contributed by atoms with Gasteiger partial charge in [-0.2, -0.15) is 0 Å². The predicted molar refractivity (Wildman–Crippen MR) is 136 cm³/mol. The smallest absolute Gasteiger partial charge is 0.296 e. The van der Waals surface area contributed by atoms with E-state index in [1.54, 1.807) is 6.92 Å². The second-order valence-corrected chi connectivity index (χ2v) is 10.9. The molecule has 1 atom stereocenters. The number of rotatable bonds is 4. The van der Waals surface area contributed by atoms with Crippen LogP contribution in [0.1, 0.15) is 48.7 Å². The summed E-state index contributed by atoms with van der Waals surface area (Å²) in [7, 11) is 0. The van der Waals surface area contributed by atoms with Crippen molar-refractivity contribution in [3.63, 3.8) is 0 Å². The van der Waals surface area contributed by atoms with E-state index in [1.807, 2.05) is 58.0 Å². The zero-order chi connectivity index (χ0) is 24.3. The van der Waals surface area contributed by atoms with Crippen LogP contribution in [0.2, 0.25) is 0 Å². The van der Waals surface area contributed by atoms with Crippen LogP contribution in [-0.4, -0.2) is 26.8 Å². The number of hydrogen-bond acceptors (Lipinski definition) is 7. The van der Waals surface area contributed by atoms with Crippen molar-refractivity contribution < 1.29 is 14.7 Å². The second kappa shape index (κ2) is 8.14. The molecule has 3 heterocycles. The first-order chi connectivity index (χ1) is 16.2. The molecule has 2 aromatic carbocycles. The number of thiazole rings is 2. The number of nitrogens with zero attached hydrogens (tertiary/aromatic N) is 3. The third-order valence-electron chi connectivity index (χ3n) is 5.98. The van der Waals surface area contributed by atoms with E-state index in [4.69, 9.17) is 4.98 Å². The molecule has 1 aliphatic rings. The van der Waals surface area contributed by atoms with Crippen LogP contribution in [0, 0.1) is 34.6 Å². The quantitative estimate of drug-likeness (QED) is 0.351. The Balaban J connectivity index is 1.70. The molecular weight excluding hydrogens is 466 g/mol. The van der Waals surface area contributed by atoms with Crippen molar-refractivity contribution in [2.45, 2.75) is 40.7 Å². The number of carbonyl (C=O) groups is 2. The van der Waals surface area contributed by atoms with Crippen molar-refractivity contribution in [2.24, 2.45) is 0 Å². The molecule has 4 aromatic rings. The summed E-state index contributed by atoms with van der Waals surface area (Å²) in [4.78, 5) is 38.2. The van der Waals surface area contributed by atoms with E-state index in [1.165, 1.54) is 27.6 Å². The molecule has 1 unspecified atom stereocenters. The number of aromatic nitrogens is 2. The van der Waals surface area contributed by atoms with Crippen LogP contribution < -0.4 is 4.90 Å². The summed E-state index contributed by atoms with van der Waals surface area (Å²) in [6.07, 6.45) is 0. The summed E-state index contributed by atoms with van der Waals surface area (Å²) in [5.41, 5.74) is 5.38. The number of hydrogen-bond donors (Lipinski definition) is 1. The first kappa shape index (κ1) is 22.4. The van der Waals surface area contributed by atoms with Gasteiger partial charge in [0.2, 0.25) is 5.78 Å². The second-order valence-electron chi connectivity index (χ2n) is 8.65. The summed E-state index contributed by atoms with van der Waals surface area (Å²) in [6, 6.07) is 10.9. The lowest BCUT2D eigenvalue weighted by atomic mass is 9.94. The number of ketones is 1. The fraction of sp³-hybridized carbons (Fsp3) is 0.231. The van der Waals surface area contributed by atoms with E-state index in [-0.39, 0.29) is 11.4 Å². The highest BCUT2D eigenvalue weighted by atomic mass is 32.1. The molecule has 0 radical (unpaired) electrons. The first-order valence-corrected chi connectivity index (χ1v) is 12.5. The summed E-state index contributed by atoms with van der Waals surface area (Å²) in [6.45, 7) is 9.58. The summed E-state index contributed by atoms with van der Waals surface area (Å²) in [5.74, 6) is -1.54. The highest BCUT2D eigenvalue weighted by molar-refractivity contribution is 7.22. The lowest BCUT2D eigenvalue weighted by molar-refractivity contribution is -0.117. The molecule has 0 aliphatic carbocycles. The molecule has 1 amide bonds. The number of fused-ring (bicyclic) bond motifs is 1. The maximum atomic E-state index is 13.7. The van der Waals surface area contributed by atoms with Crippen LogP contribution in [0.25, 0.3) is 10.2 Å². The average Bonchev–Trinajstić information content (AvgIpc) is 3.42. The van der Waals surface area contributed by atoms with Gasteiger partial charge in [0, 0.05) is 0 Å². The van der Waals surface area contributed by atoms with Crippen molar-refractivity contribution in [3.05, 3.63) is 85.6 Å². The Morgan fingerprint density at radius 1 is 0.971 bits per heavy atom. The number of aryl methyl sites for hydroxylation is 5. The first-order valence-electron chi connectivity index (χ1n) is 10.9. The number of carbonyl (C=O) groups excluding carboxylic acids is 2. The lowest BCUT2D eigenvalue weighted by Crippen LogP contribution is -2.31. The molecule has 1 N–H and O–H groups in total. The molecule has 8 heteroatoms. The van der Waals surface area contributed by atoms with E-state index in [2.05, 4.69) is 11.1 Å². The van der Waals surface area contributed by atoms with Crippen molar-refractivity contribution >= 4 is 49.7 Å². The van der Waals surface area contributed by atoms with Crippen LogP contribution in [0.4, 0.5) is 5.13 Å². The van der Waals surface area contributed by atoms with Gasteiger partial charge in [-0.1, -0.05) is 47.2 Å². The third-order valence-corrected chi connectivity index (χ3v) is 8.05. The predicted octanol–water partition coefficient (Wildman–Crippen LogP) is 6.08. The van der Waals surface area contributed by atoms with E-state index < -0.39 is 17.7 Å². The molecule has 0 bridgehead atoms. The Hall–Kier alpha value is -3.36. The van der Waals surface area contributed by atoms with E-state index >= 15 is 0 Å². The van der Waals surface area contributed by atoms with E-state index in [0.717, 1.165) is 37.5 Å². The minimum Gasteiger partial charge on any atom is -0.503 e. The molecule has 0 fully saturated rings. The molecule has 2 aromatic heterocycles. The molecule has 172 valence electrons. The number of aliphatic hydroxyl groups excluding tert-OH is 1. The SMILES string of the molecule is Cc1ccc(C2C(C(=O)c3sc(C)nc3C)=C(O)C(=O)N2c2nc3c(C)cc(C)cc3s2)cc1. The molecule has 6 nitrogen and oxygen atoms in total. The highest BCUT2D eigenvalue weighted by Gasteiger charge is 2.46. The zero-order valence-corrected chi connectivity index (χ0v) is 21.1. The van der Waals surface area contributed by atoms with Crippen LogP contribution >= 0.6 is 22.7 Å². The van der Waals surface area contributed by atoms with E-state index in [9.17, 15) is 14.7 Å². The summed E-state index contributed by atoms with van der Waals surface area (Å²) < 4.78 is 0.955. The molecule has 5 rings (SSSR count). The lowest BCUT2D eigenvalue weighted by Gasteiger charge is -2.24. The van der Waals surface area contributed by atoms with Crippen molar-refractivity contribution in [1.29, 1.82) is 0 Å². The molecule has 0 saturated heterocycles. The number of aliphatic hydroxyl groups is 1. The number of anilines is 1. The van der Waals surface area contributed by atoms with E-state index in [0.29, 0.717) is 15.7 Å². The van der Waals surface area contributed by atoms with Gasteiger partial charge in [0.05, 0.1) is 37.4 Å².